The number of benzene rings is 2. The molecule has 0 bridgehead atoms. The number of aryl methyl sites for hydroxylation is 1. The van der Waals surface area contributed by atoms with Gasteiger partial charge in [-0.2, -0.15) is 8.78 Å². The third-order valence-corrected chi connectivity index (χ3v) is 5.41. The molecule has 0 aromatic heterocycles. The molecule has 7 heteroatoms. The summed E-state index contributed by atoms with van der Waals surface area (Å²) in [5.74, 6) is 0.119. The van der Waals surface area contributed by atoms with Crippen LogP contribution in [0.15, 0.2) is 42.5 Å². The lowest BCUT2D eigenvalue weighted by molar-refractivity contribution is -0.126. The van der Waals surface area contributed by atoms with Gasteiger partial charge in [0.25, 0.3) is 0 Å². The average molecular weight is 430 g/mol. The Balaban J connectivity index is 1.62. The highest BCUT2D eigenvalue weighted by Gasteiger charge is 2.21. The molecule has 1 fully saturated rings. The van der Waals surface area contributed by atoms with Gasteiger partial charge in [0.15, 0.2) is 11.5 Å². The van der Waals surface area contributed by atoms with E-state index in [0.29, 0.717) is 25.3 Å². The van der Waals surface area contributed by atoms with E-state index in [4.69, 9.17) is 4.74 Å². The third-order valence-electron chi connectivity index (χ3n) is 5.41. The van der Waals surface area contributed by atoms with Gasteiger partial charge in [0, 0.05) is 37.9 Å². The fourth-order valence-corrected chi connectivity index (χ4v) is 3.61. The molecule has 2 aromatic carbocycles. The summed E-state index contributed by atoms with van der Waals surface area (Å²) in [6.07, 6.45) is 3.17. The minimum atomic E-state index is -2.93. The van der Waals surface area contributed by atoms with E-state index < -0.39 is 6.61 Å². The lowest BCUT2D eigenvalue weighted by Gasteiger charge is -2.36. The van der Waals surface area contributed by atoms with Gasteiger partial charge in [-0.25, -0.2) is 0 Å². The standard InChI is InChI=1S/C24H28F2N2O3/c1-4-30-22-16-19(8-10-21(22)31-24(25)26)9-11-23(29)28-14-12-27(13-15-28)20-7-5-6-17(2)18(20)3/h5-11,16,24H,4,12-15H2,1-3H3/b11-9+. The predicted molar refractivity (Wildman–Crippen MR) is 118 cm³/mol. The number of carbonyl (C=O) groups is 1. The van der Waals surface area contributed by atoms with E-state index in [2.05, 4.69) is 41.7 Å². The van der Waals surface area contributed by atoms with Gasteiger partial charge in [-0.15, -0.1) is 0 Å². The Bertz CT molecular complexity index is 938. The van der Waals surface area contributed by atoms with Crippen LogP contribution in [0.3, 0.4) is 0 Å². The lowest BCUT2D eigenvalue weighted by atomic mass is 10.1. The van der Waals surface area contributed by atoms with Crippen molar-refractivity contribution in [2.75, 3.05) is 37.7 Å². The smallest absolute Gasteiger partial charge is 0.387 e. The minimum absolute atomic E-state index is 0.0251. The summed E-state index contributed by atoms with van der Waals surface area (Å²) in [5, 5.41) is 0. The van der Waals surface area contributed by atoms with Gasteiger partial charge in [0.2, 0.25) is 5.91 Å². The van der Waals surface area contributed by atoms with Crippen LogP contribution in [-0.4, -0.2) is 50.2 Å². The Morgan fingerprint density at radius 3 is 2.52 bits per heavy atom. The van der Waals surface area contributed by atoms with Crippen molar-refractivity contribution in [3.05, 3.63) is 59.2 Å². The fraction of sp³-hybridized carbons (Fsp3) is 0.375. The van der Waals surface area contributed by atoms with Gasteiger partial charge in [0.1, 0.15) is 0 Å². The number of nitrogens with zero attached hydrogens (tertiary/aromatic N) is 2. The number of hydrogen-bond donors (Lipinski definition) is 0. The van der Waals surface area contributed by atoms with Crippen molar-refractivity contribution in [3.8, 4) is 11.5 Å². The Morgan fingerprint density at radius 1 is 1.10 bits per heavy atom. The van der Waals surface area contributed by atoms with Crippen LogP contribution >= 0.6 is 0 Å². The van der Waals surface area contributed by atoms with Crippen LogP contribution in [0.1, 0.15) is 23.6 Å². The van der Waals surface area contributed by atoms with Crippen molar-refractivity contribution in [3.63, 3.8) is 0 Å². The highest BCUT2D eigenvalue weighted by Crippen LogP contribution is 2.30. The zero-order chi connectivity index (χ0) is 22.4. The Labute approximate surface area is 181 Å². The molecule has 0 N–H and O–H groups in total. The summed E-state index contributed by atoms with van der Waals surface area (Å²) >= 11 is 0. The SMILES string of the molecule is CCOc1cc(/C=C/C(=O)N2CCN(c3cccc(C)c3C)CC2)ccc1OC(F)F. The number of ether oxygens (including phenoxy) is 2. The summed E-state index contributed by atoms with van der Waals surface area (Å²) in [4.78, 5) is 16.8. The Kier molecular flexibility index (Phi) is 7.50. The monoisotopic (exact) mass is 430 g/mol. The molecule has 0 radical (unpaired) electrons. The molecule has 166 valence electrons. The summed E-state index contributed by atoms with van der Waals surface area (Å²) in [5.41, 5.74) is 4.42. The number of anilines is 1. The van der Waals surface area contributed by atoms with Crippen LogP contribution in [-0.2, 0) is 4.79 Å². The summed E-state index contributed by atoms with van der Waals surface area (Å²) < 4.78 is 34.9. The normalized spacial score (nSPS) is 14.4. The van der Waals surface area contributed by atoms with Gasteiger partial charge in [0.05, 0.1) is 6.61 Å². The van der Waals surface area contributed by atoms with E-state index in [9.17, 15) is 13.6 Å². The number of amides is 1. The van der Waals surface area contributed by atoms with E-state index in [0.717, 1.165) is 13.1 Å². The fourth-order valence-electron chi connectivity index (χ4n) is 3.61. The van der Waals surface area contributed by atoms with Crippen molar-refractivity contribution in [2.24, 2.45) is 0 Å². The molecule has 1 aliphatic heterocycles. The van der Waals surface area contributed by atoms with E-state index in [1.807, 2.05) is 4.90 Å². The van der Waals surface area contributed by atoms with Crippen LogP contribution in [0.4, 0.5) is 14.5 Å². The number of piperazine rings is 1. The molecular weight excluding hydrogens is 402 g/mol. The van der Waals surface area contributed by atoms with E-state index >= 15 is 0 Å². The number of carbonyl (C=O) groups excluding carboxylic acids is 1. The first-order valence-corrected chi connectivity index (χ1v) is 10.4. The second kappa shape index (κ2) is 10.3. The highest BCUT2D eigenvalue weighted by atomic mass is 19.3. The van der Waals surface area contributed by atoms with Crippen LogP contribution in [0.25, 0.3) is 6.08 Å². The largest absolute Gasteiger partial charge is 0.490 e. The lowest BCUT2D eigenvalue weighted by Crippen LogP contribution is -2.48. The van der Waals surface area contributed by atoms with Gasteiger partial charge in [-0.3, -0.25) is 4.79 Å². The molecule has 0 spiro atoms. The van der Waals surface area contributed by atoms with E-state index in [-0.39, 0.29) is 17.4 Å². The third kappa shape index (κ3) is 5.75. The van der Waals surface area contributed by atoms with Crippen molar-refractivity contribution < 1.29 is 23.0 Å². The maximum atomic E-state index is 12.6. The maximum absolute atomic E-state index is 12.6. The molecule has 1 saturated heterocycles. The molecule has 0 unspecified atom stereocenters. The van der Waals surface area contributed by atoms with E-state index in [1.54, 1.807) is 25.1 Å². The van der Waals surface area contributed by atoms with Crippen LogP contribution in [0, 0.1) is 13.8 Å². The minimum Gasteiger partial charge on any atom is -0.490 e. The second-order valence-corrected chi connectivity index (χ2v) is 7.38. The van der Waals surface area contributed by atoms with Crippen LogP contribution in [0.2, 0.25) is 0 Å². The Morgan fingerprint density at radius 2 is 1.84 bits per heavy atom. The molecule has 0 aliphatic carbocycles. The molecular formula is C24H28F2N2O3. The van der Waals surface area contributed by atoms with Crippen LogP contribution in [0.5, 0.6) is 11.5 Å². The zero-order valence-corrected chi connectivity index (χ0v) is 18.1. The van der Waals surface area contributed by atoms with Crippen molar-refractivity contribution >= 4 is 17.7 Å². The van der Waals surface area contributed by atoms with Crippen molar-refractivity contribution in [1.29, 1.82) is 0 Å². The van der Waals surface area contributed by atoms with Crippen molar-refractivity contribution in [2.45, 2.75) is 27.4 Å². The van der Waals surface area contributed by atoms with Gasteiger partial charge in [-0.05, 0) is 61.7 Å². The summed E-state index contributed by atoms with van der Waals surface area (Å²) in [6.45, 7) is 6.21. The second-order valence-electron chi connectivity index (χ2n) is 7.38. The van der Waals surface area contributed by atoms with Crippen molar-refractivity contribution in [1.82, 2.24) is 4.90 Å². The highest BCUT2D eigenvalue weighted by molar-refractivity contribution is 5.92. The van der Waals surface area contributed by atoms with Crippen LogP contribution < -0.4 is 14.4 Å². The molecule has 0 saturated carbocycles. The Hall–Kier alpha value is -3.09. The van der Waals surface area contributed by atoms with Gasteiger partial charge in [-0.1, -0.05) is 18.2 Å². The summed E-state index contributed by atoms with van der Waals surface area (Å²) in [7, 11) is 0. The zero-order valence-electron chi connectivity index (χ0n) is 18.1. The summed E-state index contributed by atoms with van der Waals surface area (Å²) in [6, 6.07) is 10.9. The molecule has 1 amide bonds. The predicted octanol–water partition coefficient (Wildman–Crippen LogP) is 4.67. The molecule has 3 rings (SSSR count). The first-order valence-electron chi connectivity index (χ1n) is 10.4. The molecule has 2 aromatic rings. The quantitative estimate of drug-likeness (QED) is 0.599. The molecule has 0 atom stereocenters. The maximum Gasteiger partial charge on any atom is 0.387 e. The molecule has 5 nitrogen and oxygen atoms in total. The van der Waals surface area contributed by atoms with Gasteiger partial charge < -0.3 is 19.3 Å². The molecule has 31 heavy (non-hydrogen) atoms. The first kappa shape index (κ1) is 22.6. The first-order chi connectivity index (χ1) is 14.9. The molecule has 1 aliphatic rings. The average Bonchev–Trinajstić information content (AvgIpc) is 2.75. The number of halogens is 2. The topological polar surface area (TPSA) is 42.0 Å². The number of rotatable bonds is 7. The van der Waals surface area contributed by atoms with E-state index in [1.165, 1.54) is 29.0 Å². The number of hydrogen-bond acceptors (Lipinski definition) is 4. The molecule has 1 heterocycles. The number of alkyl halides is 2. The van der Waals surface area contributed by atoms with Gasteiger partial charge >= 0.3 is 6.61 Å².